The minimum Gasteiger partial charge on any atom is -0.485 e. The fourth-order valence-electron chi connectivity index (χ4n) is 4.11. The Morgan fingerprint density at radius 3 is 2.42 bits per heavy atom. The Kier molecular flexibility index (Phi) is 6.96. The van der Waals surface area contributed by atoms with Gasteiger partial charge in [0.1, 0.15) is 35.2 Å². The topological polar surface area (TPSA) is 39.7 Å². The van der Waals surface area contributed by atoms with E-state index in [4.69, 9.17) is 14.2 Å². The molecule has 0 fully saturated rings. The average Bonchev–Trinajstić information content (AvgIpc) is 2.78. The van der Waals surface area contributed by atoms with Gasteiger partial charge in [-0.15, -0.1) is 0 Å². The molecule has 0 amide bonds. The van der Waals surface area contributed by atoms with E-state index < -0.39 is 5.60 Å². The quantitative estimate of drug-likeness (QED) is 0.428. The van der Waals surface area contributed by atoms with Crippen LogP contribution in [0.25, 0.3) is 0 Å². The zero-order valence-corrected chi connectivity index (χ0v) is 19.1. The fourth-order valence-corrected chi connectivity index (χ4v) is 4.11. The minimum atomic E-state index is -0.636. The highest BCUT2D eigenvalue weighted by atomic mass is 19.1. The number of benzene rings is 3. The molecule has 6 heteroatoms. The second kappa shape index (κ2) is 9.89. The van der Waals surface area contributed by atoms with Gasteiger partial charge in [-0.05, 0) is 74.4 Å². The van der Waals surface area contributed by atoms with E-state index in [1.807, 2.05) is 45.0 Å². The first-order valence-electron chi connectivity index (χ1n) is 11.1. The number of hydrogen-bond donors (Lipinski definition) is 1. The molecule has 2 unspecified atom stereocenters. The summed E-state index contributed by atoms with van der Waals surface area (Å²) in [6.45, 7) is 7.23. The van der Waals surface area contributed by atoms with Crippen LogP contribution in [-0.2, 0) is 22.6 Å². The molecule has 1 aliphatic rings. The van der Waals surface area contributed by atoms with Crippen molar-refractivity contribution in [2.45, 2.75) is 51.7 Å². The largest absolute Gasteiger partial charge is 0.485 e. The molecule has 0 saturated carbocycles. The lowest BCUT2D eigenvalue weighted by atomic mass is 9.87. The molecule has 174 valence electrons. The summed E-state index contributed by atoms with van der Waals surface area (Å²) in [5.41, 5.74) is 2.86. The number of nitrogens with one attached hydrogen (secondary N) is 1. The smallest absolute Gasteiger partial charge is 0.132 e. The highest BCUT2D eigenvalue weighted by molar-refractivity contribution is 5.54. The molecular formula is C27H29F2NO3. The maximum absolute atomic E-state index is 13.5. The van der Waals surface area contributed by atoms with Gasteiger partial charge in [-0.25, -0.2) is 8.78 Å². The summed E-state index contributed by atoms with van der Waals surface area (Å²) < 4.78 is 45.5. The standard InChI is InChI=1S/C27H29F2NO3/c1-4-31-25-23-15-22(30-16-19-6-5-7-21(29)14-19)12-13-24(23)33-27(2,3)26(25)32-17-18-8-10-20(28)11-9-18/h5-15,25-26,30H,4,16-17H2,1-3H3. The first-order chi connectivity index (χ1) is 15.9. The number of hydrogen-bond acceptors (Lipinski definition) is 4. The summed E-state index contributed by atoms with van der Waals surface area (Å²) in [6, 6.07) is 18.7. The third-order valence-corrected chi connectivity index (χ3v) is 5.72. The summed E-state index contributed by atoms with van der Waals surface area (Å²) in [5, 5.41) is 3.35. The Balaban J connectivity index is 1.55. The highest BCUT2D eigenvalue weighted by Crippen LogP contribution is 2.44. The third kappa shape index (κ3) is 5.52. The average molecular weight is 454 g/mol. The Morgan fingerprint density at radius 2 is 1.70 bits per heavy atom. The molecule has 1 heterocycles. The molecule has 0 radical (unpaired) electrons. The van der Waals surface area contributed by atoms with Crippen LogP contribution in [0.3, 0.4) is 0 Å². The van der Waals surface area contributed by atoms with Crippen LogP contribution in [0.15, 0.2) is 66.7 Å². The van der Waals surface area contributed by atoms with Gasteiger partial charge in [0.2, 0.25) is 0 Å². The number of halogens is 2. The van der Waals surface area contributed by atoms with Crippen molar-refractivity contribution in [2.75, 3.05) is 11.9 Å². The van der Waals surface area contributed by atoms with Crippen LogP contribution < -0.4 is 10.1 Å². The van der Waals surface area contributed by atoms with Gasteiger partial charge >= 0.3 is 0 Å². The molecule has 4 rings (SSSR count). The van der Waals surface area contributed by atoms with Gasteiger partial charge in [0.25, 0.3) is 0 Å². The predicted octanol–water partition coefficient (Wildman–Crippen LogP) is 6.41. The lowest BCUT2D eigenvalue weighted by Crippen LogP contribution is -2.51. The molecule has 0 aliphatic carbocycles. The SMILES string of the molecule is CCOC1c2cc(NCc3cccc(F)c3)ccc2OC(C)(C)C1OCc1ccc(F)cc1. The Morgan fingerprint density at radius 1 is 0.909 bits per heavy atom. The molecule has 0 spiro atoms. The van der Waals surface area contributed by atoms with E-state index in [2.05, 4.69) is 5.32 Å². The van der Waals surface area contributed by atoms with Crippen molar-refractivity contribution in [2.24, 2.45) is 0 Å². The van der Waals surface area contributed by atoms with Crippen molar-refractivity contribution < 1.29 is 23.0 Å². The van der Waals surface area contributed by atoms with E-state index in [1.54, 1.807) is 18.2 Å². The minimum absolute atomic E-state index is 0.257. The van der Waals surface area contributed by atoms with Crippen molar-refractivity contribution in [1.29, 1.82) is 0 Å². The van der Waals surface area contributed by atoms with Gasteiger partial charge in [-0.3, -0.25) is 0 Å². The zero-order valence-electron chi connectivity index (χ0n) is 19.1. The summed E-state index contributed by atoms with van der Waals surface area (Å²) >= 11 is 0. The van der Waals surface area contributed by atoms with Crippen LogP contribution in [-0.4, -0.2) is 18.3 Å². The van der Waals surface area contributed by atoms with Crippen LogP contribution in [0, 0.1) is 11.6 Å². The van der Waals surface area contributed by atoms with Crippen LogP contribution in [0.5, 0.6) is 5.75 Å². The molecule has 3 aromatic rings. The molecule has 0 saturated heterocycles. The van der Waals surface area contributed by atoms with E-state index in [0.29, 0.717) is 19.8 Å². The van der Waals surface area contributed by atoms with Crippen molar-refractivity contribution in [3.05, 3.63) is 95.1 Å². The molecule has 3 aromatic carbocycles. The maximum Gasteiger partial charge on any atom is 0.132 e. The van der Waals surface area contributed by atoms with E-state index in [9.17, 15) is 8.78 Å². The van der Waals surface area contributed by atoms with Gasteiger partial charge in [0.05, 0.1) is 6.61 Å². The van der Waals surface area contributed by atoms with E-state index in [-0.39, 0.29) is 23.8 Å². The lowest BCUT2D eigenvalue weighted by Gasteiger charge is -2.44. The highest BCUT2D eigenvalue weighted by Gasteiger charge is 2.45. The van der Waals surface area contributed by atoms with Gasteiger partial charge in [-0.1, -0.05) is 24.3 Å². The number of rotatable bonds is 8. The molecule has 2 atom stereocenters. The molecule has 33 heavy (non-hydrogen) atoms. The van der Waals surface area contributed by atoms with Gasteiger partial charge in [0.15, 0.2) is 0 Å². The van der Waals surface area contributed by atoms with Crippen molar-refractivity contribution in [1.82, 2.24) is 0 Å². The molecular weight excluding hydrogens is 424 g/mol. The Bertz CT molecular complexity index is 1080. The van der Waals surface area contributed by atoms with Crippen molar-refractivity contribution >= 4 is 5.69 Å². The summed E-state index contributed by atoms with van der Waals surface area (Å²) in [4.78, 5) is 0. The molecule has 4 nitrogen and oxygen atoms in total. The van der Waals surface area contributed by atoms with Gasteiger partial charge in [-0.2, -0.15) is 0 Å². The predicted molar refractivity (Wildman–Crippen MR) is 124 cm³/mol. The normalized spacial score (nSPS) is 18.9. The first-order valence-corrected chi connectivity index (χ1v) is 11.1. The fraction of sp³-hybridized carbons (Fsp3) is 0.333. The van der Waals surface area contributed by atoms with Crippen LogP contribution in [0.1, 0.15) is 43.6 Å². The Labute approximate surface area is 193 Å². The number of anilines is 1. The number of ether oxygens (including phenoxy) is 3. The van der Waals surface area contributed by atoms with E-state index in [0.717, 1.165) is 28.1 Å². The zero-order chi connectivity index (χ0) is 23.4. The van der Waals surface area contributed by atoms with Crippen molar-refractivity contribution in [3.63, 3.8) is 0 Å². The number of fused-ring (bicyclic) bond motifs is 1. The monoisotopic (exact) mass is 453 g/mol. The van der Waals surface area contributed by atoms with Crippen LogP contribution in [0.4, 0.5) is 14.5 Å². The van der Waals surface area contributed by atoms with Crippen LogP contribution >= 0.6 is 0 Å². The Hall–Kier alpha value is -2.96. The van der Waals surface area contributed by atoms with Gasteiger partial charge < -0.3 is 19.5 Å². The molecule has 1 N–H and O–H groups in total. The molecule has 0 bridgehead atoms. The summed E-state index contributed by atoms with van der Waals surface area (Å²) in [5.74, 6) is 0.212. The first kappa shape index (κ1) is 23.2. The lowest BCUT2D eigenvalue weighted by molar-refractivity contribution is -0.165. The third-order valence-electron chi connectivity index (χ3n) is 5.72. The second-order valence-electron chi connectivity index (χ2n) is 8.68. The van der Waals surface area contributed by atoms with E-state index >= 15 is 0 Å². The summed E-state index contributed by atoms with van der Waals surface area (Å²) in [7, 11) is 0. The van der Waals surface area contributed by atoms with Crippen LogP contribution in [0.2, 0.25) is 0 Å². The second-order valence-corrected chi connectivity index (χ2v) is 8.68. The van der Waals surface area contributed by atoms with E-state index in [1.165, 1.54) is 24.3 Å². The molecule has 1 aliphatic heterocycles. The molecule has 0 aromatic heterocycles. The maximum atomic E-state index is 13.5. The van der Waals surface area contributed by atoms with Gasteiger partial charge in [0, 0.05) is 24.4 Å². The van der Waals surface area contributed by atoms with Crippen molar-refractivity contribution in [3.8, 4) is 5.75 Å². The summed E-state index contributed by atoms with van der Waals surface area (Å²) in [6.07, 6.45) is -0.724.